The quantitative estimate of drug-likeness (QED) is 0.490. The second-order valence-corrected chi connectivity index (χ2v) is 3.41. The lowest BCUT2D eigenvalue weighted by molar-refractivity contribution is -0.384. The van der Waals surface area contributed by atoms with Gasteiger partial charge in [0.1, 0.15) is 5.69 Å². The number of nitrogens with two attached hydrogens (primary N) is 1. The van der Waals surface area contributed by atoms with Gasteiger partial charge in [-0.05, 0) is 22.0 Å². The Morgan fingerprint density at radius 3 is 2.33 bits per heavy atom. The van der Waals surface area contributed by atoms with Gasteiger partial charge in [-0.15, -0.1) is 0 Å². The molecular formula is C7H4BrF3N2O2. The Morgan fingerprint density at radius 1 is 1.40 bits per heavy atom. The van der Waals surface area contributed by atoms with Crippen LogP contribution in [0.25, 0.3) is 0 Å². The van der Waals surface area contributed by atoms with Gasteiger partial charge in [0, 0.05) is 6.07 Å². The molecule has 0 unspecified atom stereocenters. The number of nitro groups is 1. The SMILES string of the molecule is Nc1c([N+](=O)[O-])ccc(C(F)(F)F)c1Br. The van der Waals surface area contributed by atoms with Crippen LogP contribution in [0.4, 0.5) is 24.5 Å². The summed E-state index contributed by atoms with van der Waals surface area (Å²) in [6.07, 6.45) is -4.60. The monoisotopic (exact) mass is 284 g/mol. The van der Waals surface area contributed by atoms with Crippen molar-refractivity contribution in [3.8, 4) is 0 Å². The Labute approximate surface area is 90.2 Å². The van der Waals surface area contributed by atoms with Gasteiger partial charge in [0.15, 0.2) is 0 Å². The minimum atomic E-state index is -4.60. The molecule has 0 heterocycles. The Bertz CT molecular complexity index is 419. The van der Waals surface area contributed by atoms with Crippen LogP contribution in [0, 0.1) is 10.1 Å². The van der Waals surface area contributed by atoms with Crippen molar-refractivity contribution in [1.82, 2.24) is 0 Å². The van der Waals surface area contributed by atoms with Crippen LogP contribution in [0.15, 0.2) is 16.6 Å². The number of rotatable bonds is 1. The summed E-state index contributed by atoms with van der Waals surface area (Å²) in [4.78, 5) is 9.51. The first kappa shape index (κ1) is 11.8. The van der Waals surface area contributed by atoms with Crippen molar-refractivity contribution in [2.75, 3.05) is 5.73 Å². The zero-order valence-electron chi connectivity index (χ0n) is 7.01. The van der Waals surface area contributed by atoms with Gasteiger partial charge in [0.05, 0.1) is 15.0 Å². The molecule has 2 N–H and O–H groups in total. The van der Waals surface area contributed by atoms with Crippen molar-refractivity contribution in [3.63, 3.8) is 0 Å². The van der Waals surface area contributed by atoms with E-state index in [0.717, 1.165) is 6.07 Å². The minimum Gasteiger partial charge on any atom is -0.392 e. The highest BCUT2D eigenvalue weighted by atomic mass is 79.9. The lowest BCUT2D eigenvalue weighted by Gasteiger charge is -2.10. The fourth-order valence-corrected chi connectivity index (χ4v) is 1.52. The molecule has 15 heavy (non-hydrogen) atoms. The van der Waals surface area contributed by atoms with Crippen molar-refractivity contribution < 1.29 is 18.1 Å². The Kier molecular flexibility index (Phi) is 2.89. The van der Waals surface area contributed by atoms with Gasteiger partial charge in [-0.1, -0.05) is 0 Å². The number of nitro benzene ring substituents is 1. The molecule has 1 aromatic carbocycles. The summed E-state index contributed by atoms with van der Waals surface area (Å²) in [6, 6.07) is 1.33. The molecule has 82 valence electrons. The number of hydrogen-bond acceptors (Lipinski definition) is 3. The van der Waals surface area contributed by atoms with E-state index in [2.05, 4.69) is 15.9 Å². The molecule has 0 saturated carbocycles. The van der Waals surface area contributed by atoms with E-state index in [4.69, 9.17) is 5.73 Å². The normalized spacial score (nSPS) is 11.5. The molecule has 4 nitrogen and oxygen atoms in total. The molecule has 0 atom stereocenters. The van der Waals surface area contributed by atoms with Gasteiger partial charge in [-0.25, -0.2) is 0 Å². The van der Waals surface area contributed by atoms with Gasteiger partial charge < -0.3 is 5.73 Å². The molecule has 1 rings (SSSR count). The zero-order chi connectivity index (χ0) is 11.8. The third kappa shape index (κ3) is 2.20. The maximum absolute atomic E-state index is 12.3. The number of hydrogen-bond donors (Lipinski definition) is 1. The lowest BCUT2D eigenvalue weighted by atomic mass is 10.1. The summed E-state index contributed by atoms with van der Waals surface area (Å²) in [5.41, 5.74) is 3.06. The van der Waals surface area contributed by atoms with Crippen molar-refractivity contribution >= 4 is 27.3 Å². The number of nitrogens with zero attached hydrogens (tertiary/aromatic N) is 1. The summed E-state index contributed by atoms with van der Waals surface area (Å²) in [5.74, 6) is 0. The molecule has 0 fully saturated rings. The summed E-state index contributed by atoms with van der Waals surface area (Å²) in [7, 11) is 0. The molecule has 0 aliphatic rings. The molecule has 0 radical (unpaired) electrons. The van der Waals surface area contributed by atoms with Crippen LogP contribution < -0.4 is 5.73 Å². The first-order chi connectivity index (χ1) is 6.75. The van der Waals surface area contributed by atoms with Gasteiger partial charge in [-0.2, -0.15) is 13.2 Å². The van der Waals surface area contributed by atoms with E-state index in [1.807, 2.05) is 0 Å². The van der Waals surface area contributed by atoms with Crippen LogP contribution in [0.5, 0.6) is 0 Å². The zero-order valence-corrected chi connectivity index (χ0v) is 8.59. The number of benzene rings is 1. The standard InChI is InChI=1S/C7H4BrF3N2O2/c8-5-3(7(9,10)11)1-2-4(6(5)12)13(14)15/h1-2H,12H2. The van der Waals surface area contributed by atoms with Crippen LogP contribution in [-0.4, -0.2) is 4.92 Å². The highest BCUT2D eigenvalue weighted by Gasteiger charge is 2.35. The topological polar surface area (TPSA) is 69.2 Å². The second-order valence-electron chi connectivity index (χ2n) is 2.61. The fourth-order valence-electron chi connectivity index (χ4n) is 0.961. The first-order valence-corrected chi connectivity index (χ1v) is 4.34. The van der Waals surface area contributed by atoms with Crippen LogP contribution >= 0.6 is 15.9 Å². The number of alkyl halides is 3. The molecule has 0 bridgehead atoms. The van der Waals surface area contributed by atoms with E-state index in [-0.39, 0.29) is 0 Å². The van der Waals surface area contributed by atoms with Crippen LogP contribution in [0.3, 0.4) is 0 Å². The third-order valence-electron chi connectivity index (χ3n) is 1.66. The van der Waals surface area contributed by atoms with Crippen molar-refractivity contribution in [1.29, 1.82) is 0 Å². The summed E-state index contributed by atoms with van der Waals surface area (Å²) in [5, 5.41) is 10.4. The van der Waals surface area contributed by atoms with E-state index in [9.17, 15) is 23.3 Å². The smallest absolute Gasteiger partial charge is 0.392 e. The molecule has 0 spiro atoms. The Morgan fingerprint density at radius 2 is 1.93 bits per heavy atom. The summed E-state index contributed by atoms with van der Waals surface area (Å²) < 4.78 is 36.4. The maximum Gasteiger partial charge on any atom is 0.417 e. The van der Waals surface area contributed by atoms with Gasteiger partial charge >= 0.3 is 6.18 Å². The fraction of sp³-hybridized carbons (Fsp3) is 0.143. The van der Waals surface area contributed by atoms with Crippen molar-refractivity contribution in [2.24, 2.45) is 0 Å². The summed E-state index contributed by atoms with van der Waals surface area (Å²) in [6.45, 7) is 0. The van der Waals surface area contributed by atoms with Crippen LogP contribution in [-0.2, 0) is 6.18 Å². The molecule has 0 amide bonds. The van der Waals surface area contributed by atoms with Crippen LogP contribution in [0.2, 0.25) is 0 Å². The molecule has 0 aliphatic heterocycles. The molecular weight excluding hydrogens is 281 g/mol. The second kappa shape index (κ2) is 3.69. The predicted octanol–water partition coefficient (Wildman–Crippen LogP) is 2.96. The number of halogens is 4. The average Bonchev–Trinajstić information content (AvgIpc) is 2.06. The molecule has 1 aromatic rings. The average molecular weight is 285 g/mol. The van der Waals surface area contributed by atoms with E-state index < -0.39 is 32.5 Å². The van der Waals surface area contributed by atoms with Gasteiger partial charge in [0.2, 0.25) is 0 Å². The Balaban J connectivity index is 3.41. The van der Waals surface area contributed by atoms with Gasteiger partial charge in [0.25, 0.3) is 5.69 Å². The Hall–Kier alpha value is -1.31. The number of nitrogen functional groups attached to an aromatic ring is 1. The number of anilines is 1. The summed E-state index contributed by atoms with van der Waals surface area (Å²) >= 11 is 2.59. The first-order valence-electron chi connectivity index (χ1n) is 3.54. The van der Waals surface area contributed by atoms with E-state index in [1.165, 1.54) is 0 Å². The van der Waals surface area contributed by atoms with E-state index in [0.29, 0.717) is 6.07 Å². The molecule has 0 aliphatic carbocycles. The molecule has 0 aromatic heterocycles. The predicted molar refractivity (Wildman–Crippen MR) is 50.2 cm³/mol. The highest BCUT2D eigenvalue weighted by molar-refractivity contribution is 9.10. The molecule has 8 heteroatoms. The third-order valence-corrected chi connectivity index (χ3v) is 2.51. The lowest BCUT2D eigenvalue weighted by Crippen LogP contribution is -2.08. The van der Waals surface area contributed by atoms with E-state index >= 15 is 0 Å². The minimum absolute atomic E-state index is 0.510. The largest absolute Gasteiger partial charge is 0.417 e. The molecule has 0 saturated heterocycles. The van der Waals surface area contributed by atoms with Gasteiger partial charge in [-0.3, -0.25) is 10.1 Å². The highest BCUT2D eigenvalue weighted by Crippen LogP contribution is 2.40. The maximum atomic E-state index is 12.3. The van der Waals surface area contributed by atoms with Crippen molar-refractivity contribution in [3.05, 3.63) is 32.3 Å². The van der Waals surface area contributed by atoms with E-state index in [1.54, 1.807) is 0 Å². The van der Waals surface area contributed by atoms with Crippen molar-refractivity contribution in [2.45, 2.75) is 6.18 Å². The van der Waals surface area contributed by atoms with Crippen LogP contribution in [0.1, 0.15) is 5.56 Å².